The molecule has 1 aromatic carbocycles. The third-order valence-electron chi connectivity index (χ3n) is 5.39. The Bertz CT molecular complexity index is 848. The molecule has 0 aliphatic heterocycles. The van der Waals surface area contributed by atoms with E-state index in [1.54, 1.807) is 6.07 Å². The largest absolute Gasteiger partial charge is 0.353 e. The molecule has 8 heteroatoms. The zero-order valence-electron chi connectivity index (χ0n) is 18.2. The molecule has 168 valence electrons. The number of benzene rings is 1. The van der Waals surface area contributed by atoms with E-state index in [9.17, 15) is 9.59 Å². The van der Waals surface area contributed by atoms with E-state index >= 15 is 0 Å². The van der Waals surface area contributed by atoms with Crippen molar-refractivity contribution < 1.29 is 9.59 Å². The fourth-order valence-corrected chi connectivity index (χ4v) is 5.33. The summed E-state index contributed by atoms with van der Waals surface area (Å²) in [6.07, 6.45) is 11.4. The van der Waals surface area contributed by atoms with Gasteiger partial charge in [0.25, 0.3) is 5.91 Å². The van der Waals surface area contributed by atoms with Gasteiger partial charge in [0, 0.05) is 17.4 Å². The molecule has 1 heterocycles. The lowest BCUT2D eigenvalue weighted by Gasteiger charge is -2.21. The van der Waals surface area contributed by atoms with Crippen LogP contribution in [0.25, 0.3) is 0 Å². The number of rotatable bonds is 9. The molecule has 0 unspecified atom stereocenters. The molecule has 1 saturated carbocycles. The van der Waals surface area contributed by atoms with Crippen LogP contribution in [0.4, 0.5) is 5.13 Å². The first-order valence-electron chi connectivity index (χ1n) is 11.3. The summed E-state index contributed by atoms with van der Waals surface area (Å²) in [6, 6.07) is 7.67. The predicted octanol–water partition coefficient (Wildman–Crippen LogP) is 5.45. The maximum Gasteiger partial charge on any atom is 0.258 e. The van der Waals surface area contributed by atoms with Crippen molar-refractivity contribution in [1.29, 1.82) is 0 Å². The van der Waals surface area contributed by atoms with E-state index in [2.05, 4.69) is 27.8 Å². The summed E-state index contributed by atoms with van der Waals surface area (Å²) >= 11 is 2.82. The Balaban J connectivity index is 1.53. The maximum absolute atomic E-state index is 12.8. The summed E-state index contributed by atoms with van der Waals surface area (Å²) in [5.74, 6) is 0.123. The predicted molar refractivity (Wildman–Crippen MR) is 128 cm³/mol. The van der Waals surface area contributed by atoms with Crippen molar-refractivity contribution in [1.82, 2.24) is 15.5 Å². The molecule has 1 aromatic heterocycles. The van der Waals surface area contributed by atoms with Crippen LogP contribution in [0, 0.1) is 0 Å². The van der Waals surface area contributed by atoms with Crippen LogP contribution in [0.2, 0.25) is 0 Å². The van der Waals surface area contributed by atoms with Gasteiger partial charge in [0.05, 0.1) is 11.3 Å². The lowest BCUT2D eigenvalue weighted by molar-refractivity contribution is -0.119. The molecule has 6 nitrogen and oxygen atoms in total. The zero-order chi connectivity index (χ0) is 21.9. The highest BCUT2D eigenvalue weighted by Crippen LogP contribution is 2.25. The van der Waals surface area contributed by atoms with Crippen LogP contribution in [0.15, 0.2) is 29.2 Å². The van der Waals surface area contributed by atoms with Crippen LogP contribution in [0.5, 0.6) is 0 Å². The van der Waals surface area contributed by atoms with Crippen molar-refractivity contribution in [2.24, 2.45) is 0 Å². The lowest BCUT2D eigenvalue weighted by Crippen LogP contribution is -2.36. The number of aromatic nitrogens is 2. The van der Waals surface area contributed by atoms with Gasteiger partial charge in [-0.05, 0) is 31.4 Å². The van der Waals surface area contributed by atoms with Gasteiger partial charge in [-0.25, -0.2) is 0 Å². The Labute approximate surface area is 193 Å². The fraction of sp³-hybridized carbons (Fsp3) is 0.565. The van der Waals surface area contributed by atoms with Gasteiger partial charge in [-0.2, -0.15) is 0 Å². The molecule has 2 aromatic rings. The summed E-state index contributed by atoms with van der Waals surface area (Å²) in [5, 5.41) is 15.7. The first-order chi connectivity index (χ1) is 15.2. The quantitative estimate of drug-likeness (QED) is 0.486. The van der Waals surface area contributed by atoms with Crippen LogP contribution in [0.1, 0.15) is 80.1 Å². The Morgan fingerprint density at radius 2 is 1.84 bits per heavy atom. The molecule has 0 bridgehead atoms. The third kappa shape index (κ3) is 7.92. The van der Waals surface area contributed by atoms with Gasteiger partial charge in [-0.1, -0.05) is 68.9 Å². The second kappa shape index (κ2) is 12.8. The van der Waals surface area contributed by atoms with Crippen molar-refractivity contribution in [2.45, 2.75) is 82.1 Å². The van der Waals surface area contributed by atoms with Crippen molar-refractivity contribution in [3.63, 3.8) is 0 Å². The number of thioether (sulfide) groups is 1. The minimum atomic E-state index is -0.221. The van der Waals surface area contributed by atoms with Crippen LogP contribution in [0.3, 0.4) is 0 Å². The van der Waals surface area contributed by atoms with Crippen LogP contribution in [-0.2, 0) is 11.2 Å². The van der Waals surface area contributed by atoms with Crippen molar-refractivity contribution in [3.8, 4) is 0 Å². The number of amides is 2. The van der Waals surface area contributed by atoms with Crippen molar-refractivity contribution in [2.75, 3.05) is 11.1 Å². The molecular formula is C23H32N4O2S2. The fourth-order valence-electron chi connectivity index (χ4n) is 3.69. The Hall–Kier alpha value is -1.93. The minimum absolute atomic E-state index is 0.0375. The molecular weight excluding hydrogens is 428 g/mol. The Morgan fingerprint density at radius 3 is 2.61 bits per heavy atom. The average Bonchev–Trinajstić information content (AvgIpc) is 3.20. The summed E-state index contributed by atoms with van der Waals surface area (Å²) < 4.78 is 0. The van der Waals surface area contributed by atoms with Crippen LogP contribution < -0.4 is 10.6 Å². The van der Waals surface area contributed by atoms with Crippen LogP contribution in [-0.4, -0.2) is 33.8 Å². The summed E-state index contributed by atoms with van der Waals surface area (Å²) in [6.45, 7) is 2.14. The van der Waals surface area contributed by atoms with E-state index < -0.39 is 0 Å². The number of aryl methyl sites for hydroxylation is 1. The standard InChI is InChI=1S/C23H32N4O2S2/c1-2-3-15-21-26-27-23(31-21)25-22(29)18-13-9-10-14-19(18)30-16-20(28)24-17-11-7-5-4-6-8-12-17/h9-10,13-14,17H,2-8,11-12,15-16H2,1H3,(H,24,28)(H,25,27,29). The molecule has 31 heavy (non-hydrogen) atoms. The summed E-state index contributed by atoms with van der Waals surface area (Å²) in [5.41, 5.74) is 0.552. The monoisotopic (exact) mass is 460 g/mol. The van der Waals surface area contributed by atoms with Crippen molar-refractivity contribution >= 4 is 40.0 Å². The molecule has 1 fully saturated rings. The first kappa shape index (κ1) is 23.7. The first-order valence-corrected chi connectivity index (χ1v) is 13.1. The normalized spacial score (nSPS) is 15.1. The number of hydrogen-bond acceptors (Lipinski definition) is 6. The van der Waals surface area contributed by atoms with Gasteiger partial charge in [-0.3, -0.25) is 14.9 Å². The molecule has 0 atom stereocenters. The van der Waals surface area contributed by atoms with E-state index in [4.69, 9.17) is 0 Å². The number of carbonyl (C=O) groups is 2. The number of anilines is 1. The molecule has 2 amide bonds. The highest BCUT2D eigenvalue weighted by molar-refractivity contribution is 8.00. The van der Waals surface area contributed by atoms with Crippen molar-refractivity contribution in [3.05, 3.63) is 34.8 Å². The second-order valence-electron chi connectivity index (χ2n) is 7.95. The van der Waals surface area contributed by atoms with E-state index in [1.165, 1.54) is 55.2 Å². The third-order valence-corrected chi connectivity index (χ3v) is 7.36. The van der Waals surface area contributed by atoms with E-state index in [0.717, 1.165) is 42.0 Å². The van der Waals surface area contributed by atoms with E-state index in [1.807, 2.05) is 18.2 Å². The molecule has 3 rings (SSSR count). The van der Waals surface area contributed by atoms with Gasteiger partial charge >= 0.3 is 0 Å². The number of hydrogen-bond donors (Lipinski definition) is 2. The average molecular weight is 461 g/mol. The van der Waals surface area contributed by atoms with Gasteiger partial charge in [0.1, 0.15) is 5.01 Å². The molecule has 0 spiro atoms. The zero-order valence-corrected chi connectivity index (χ0v) is 19.8. The molecule has 1 aliphatic rings. The van der Waals surface area contributed by atoms with Crippen LogP contribution >= 0.6 is 23.1 Å². The number of nitrogens with one attached hydrogen (secondary N) is 2. The molecule has 0 radical (unpaired) electrons. The van der Waals surface area contributed by atoms with E-state index in [-0.39, 0.29) is 17.9 Å². The second-order valence-corrected chi connectivity index (χ2v) is 10.0. The number of carbonyl (C=O) groups excluding carboxylic acids is 2. The molecule has 0 saturated heterocycles. The van der Waals surface area contributed by atoms with Gasteiger partial charge in [0.2, 0.25) is 11.0 Å². The topological polar surface area (TPSA) is 84.0 Å². The Morgan fingerprint density at radius 1 is 1.10 bits per heavy atom. The number of unbranched alkanes of at least 4 members (excludes halogenated alkanes) is 1. The smallest absolute Gasteiger partial charge is 0.258 e. The summed E-state index contributed by atoms with van der Waals surface area (Å²) in [4.78, 5) is 26.1. The lowest BCUT2D eigenvalue weighted by atomic mass is 9.97. The SMILES string of the molecule is CCCCc1nnc(NC(=O)c2ccccc2SCC(=O)NC2CCCCCCC2)s1. The molecule has 2 N–H and O–H groups in total. The number of nitrogens with zero attached hydrogens (tertiary/aromatic N) is 2. The van der Waals surface area contributed by atoms with Gasteiger partial charge in [-0.15, -0.1) is 22.0 Å². The summed E-state index contributed by atoms with van der Waals surface area (Å²) in [7, 11) is 0. The maximum atomic E-state index is 12.8. The highest BCUT2D eigenvalue weighted by Gasteiger charge is 2.17. The Kier molecular flexibility index (Phi) is 9.81. The van der Waals surface area contributed by atoms with Gasteiger partial charge in [0.15, 0.2) is 0 Å². The minimum Gasteiger partial charge on any atom is -0.353 e. The molecule has 1 aliphatic carbocycles. The van der Waals surface area contributed by atoms with Gasteiger partial charge < -0.3 is 5.32 Å². The highest BCUT2D eigenvalue weighted by atomic mass is 32.2. The van der Waals surface area contributed by atoms with E-state index in [0.29, 0.717) is 16.4 Å².